The number of primary sulfonamides is 1. The Morgan fingerprint density at radius 3 is 1.48 bits per heavy atom. The van der Waals surface area contributed by atoms with Crippen molar-refractivity contribution in [2.24, 2.45) is 39.7 Å². The van der Waals surface area contributed by atoms with Gasteiger partial charge < -0.3 is 83.3 Å². The first-order valence-electron chi connectivity index (χ1n) is 29.9. The minimum atomic E-state index is -4.03. The van der Waals surface area contributed by atoms with Gasteiger partial charge in [0, 0.05) is 76.5 Å². The monoisotopic (exact) mass is 1340 g/mol. The third-order valence-corrected chi connectivity index (χ3v) is 16.0. The summed E-state index contributed by atoms with van der Waals surface area (Å²) >= 11 is 1.47. The van der Waals surface area contributed by atoms with Gasteiger partial charge in [0.25, 0.3) is 0 Å². The molecule has 3 rings (SSSR count). The van der Waals surface area contributed by atoms with Crippen LogP contribution in [-0.2, 0) is 86.9 Å². The van der Waals surface area contributed by atoms with Crippen LogP contribution in [0.1, 0.15) is 75.6 Å². The van der Waals surface area contributed by atoms with Crippen molar-refractivity contribution in [3.05, 3.63) is 77.9 Å². The number of benzene rings is 2. The SMILES string of the molecule is COc1ccc(CN(CC(=O)N(CN)CC(=O)N(CN)CC(=O)N(CN)CC(=O)CCC(=O)CCC(=O)CCC(=O)NC(CCSC)C(N)=O)C(=O)CN(CN)C(=O)CN(CCc2ccc(S(N)(=O)=O)cc2)C(=O)CN(CCc2cnc[nH]2)C(=O)CNCC(C)C)cc1. The van der Waals surface area contributed by atoms with Crippen molar-refractivity contribution in [1.82, 2.24) is 54.9 Å². The maximum atomic E-state index is 14.5. The number of sulfonamides is 1. The van der Waals surface area contributed by atoms with Crippen LogP contribution in [0.4, 0.5) is 0 Å². The highest BCUT2D eigenvalue weighted by Gasteiger charge is 2.31. The van der Waals surface area contributed by atoms with Crippen LogP contribution >= 0.6 is 11.8 Å². The molecule has 0 bridgehead atoms. The number of carbonyl (C=O) groups is 12. The molecule has 1 heterocycles. The number of hydrogen-bond donors (Lipinski definition) is 9. The third kappa shape index (κ3) is 29.5. The molecular weight excluding hydrogens is 1250 g/mol. The number of hydrogen-bond acceptors (Lipinski definition) is 22. The molecule has 3 aromatic rings. The van der Waals surface area contributed by atoms with Gasteiger partial charge in [-0.2, -0.15) is 11.8 Å². The Morgan fingerprint density at radius 2 is 1.02 bits per heavy atom. The van der Waals surface area contributed by atoms with Crippen LogP contribution in [0.15, 0.2) is 66.0 Å². The maximum Gasteiger partial charge on any atom is 0.243 e. The molecule has 0 radical (unpaired) electrons. The summed E-state index contributed by atoms with van der Waals surface area (Å²) in [6.45, 7) is -2.59. The van der Waals surface area contributed by atoms with Crippen LogP contribution in [0, 0.1) is 5.92 Å². The van der Waals surface area contributed by atoms with Crippen molar-refractivity contribution >= 4 is 92.3 Å². The molecule has 34 heteroatoms. The number of thioether (sulfide) groups is 1. The number of carbonyl (C=O) groups excluding carboxylic acids is 12. The number of nitrogens with two attached hydrogens (primary N) is 6. The molecule has 15 N–H and O–H groups in total. The molecule has 0 aliphatic carbocycles. The number of methoxy groups -OCH3 is 1. The lowest BCUT2D eigenvalue weighted by atomic mass is 10.0. The summed E-state index contributed by atoms with van der Waals surface area (Å²) in [5.74, 6) is -6.52. The Hall–Kier alpha value is -8.25. The van der Waals surface area contributed by atoms with Crippen molar-refractivity contribution in [2.75, 3.05) is 118 Å². The molecule has 0 aliphatic rings. The summed E-state index contributed by atoms with van der Waals surface area (Å²) in [6, 6.07) is 11.2. The number of ketones is 3. The van der Waals surface area contributed by atoms with Gasteiger partial charge >= 0.3 is 0 Å². The van der Waals surface area contributed by atoms with E-state index in [-0.39, 0.29) is 87.7 Å². The van der Waals surface area contributed by atoms with E-state index in [0.717, 1.165) is 24.5 Å². The van der Waals surface area contributed by atoms with E-state index in [4.69, 9.17) is 38.5 Å². The molecule has 1 aromatic heterocycles. The summed E-state index contributed by atoms with van der Waals surface area (Å²) in [6.07, 6.45) is 4.27. The maximum absolute atomic E-state index is 14.5. The number of ether oxygens (including phenoxy) is 1. The Bertz CT molecular complexity index is 3090. The topological polar surface area (TPSA) is 480 Å². The summed E-state index contributed by atoms with van der Waals surface area (Å²) in [5, 5.41) is 10.9. The second-order valence-electron chi connectivity index (χ2n) is 22.0. The second kappa shape index (κ2) is 41.4. The number of imidazole rings is 1. The lowest BCUT2D eigenvalue weighted by Gasteiger charge is -2.31. The quantitative estimate of drug-likeness (QED) is 0.0248. The fourth-order valence-electron chi connectivity index (χ4n) is 8.87. The molecule has 32 nitrogen and oxygen atoms in total. The van der Waals surface area contributed by atoms with Crippen LogP contribution in [0.25, 0.3) is 0 Å². The van der Waals surface area contributed by atoms with Crippen molar-refractivity contribution in [3.8, 4) is 5.75 Å². The number of nitrogens with zero attached hydrogens (tertiary/aromatic N) is 8. The smallest absolute Gasteiger partial charge is 0.243 e. The average molecular weight is 1340 g/mol. The first-order valence-corrected chi connectivity index (χ1v) is 32.9. The van der Waals surface area contributed by atoms with E-state index >= 15 is 0 Å². The molecule has 0 saturated carbocycles. The van der Waals surface area contributed by atoms with Crippen LogP contribution in [0.2, 0.25) is 0 Å². The largest absolute Gasteiger partial charge is 0.497 e. The van der Waals surface area contributed by atoms with E-state index < -0.39 is 153 Å². The van der Waals surface area contributed by atoms with Gasteiger partial charge in [0.15, 0.2) is 5.78 Å². The highest BCUT2D eigenvalue weighted by atomic mass is 32.2. The lowest BCUT2D eigenvalue weighted by molar-refractivity contribution is -0.148. The van der Waals surface area contributed by atoms with Gasteiger partial charge in [0.2, 0.25) is 63.2 Å². The summed E-state index contributed by atoms with van der Waals surface area (Å²) in [7, 11) is -2.58. The zero-order valence-corrected chi connectivity index (χ0v) is 54.9. The zero-order valence-electron chi connectivity index (χ0n) is 53.3. The zero-order chi connectivity index (χ0) is 69.2. The number of aromatic amines is 1. The second-order valence-corrected chi connectivity index (χ2v) is 24.6. The summed E-state index contributed by atoms with van der Waals surface area (Å²) < 4.78 is 29.3. The van der Waals surface area contributed by atoms with Gasteiger partial charge in [0.05, 0.1) is 71.2 Å². The Kier molecular flexibility index (Phi) is 35.1. The van der Waals surface area contributed by atoms with Gasteiger partial charge in [-0.3, -0.25) is 57.5 Å². The first-order chi connectivity index (χ1) is 44.1. The third-order valence-electron chi connectivity index (χ3n) is 14.4. The number of nitrogens with one attached hydrogen (secondary N) is 3. The molecule has 514 valence electrons. The first kappa shape index (κ1) is 79.0. The molecule has 2 aromatic carbocycles. The van der Waals surface area contributed by atoms with E-state index in [9.17, 15) is 66.0 Å². The molecule has 1 unspecified atom stereocenters. The lowest BCUT2D eigenvalue weighted by Crippen LogP contribution is -2.54. The molecule has 93 heavy (non-hydrogen) atoms. The number of aromatic nitrogens is 2. The van der Waals surface area contributed by atoms with E-state index in [1.165, 1.54) is 59.3 Å². The van der Waals surface area contributed by atoms with Gasteiger partial charge in [-0.05, 0) is 72.7 Å². The number of rotatable bonds is 46. The fraction of sp³-hybridized carbons (Fsp3) is 0.542. The minimum Gasteiger partial charge on any atom is -0.497 e. The van der Waals surface area contributed by atoms with Crippen molar-refractivity contribution in [3.63, 3.8) is 0 Å². The van der Waals surface area contributed by atoms with Gasteiger partial charge in [-0.1, -0.05) is 38.1 Å². The summed E-state index contributed by atoms with van der Waals surface area (Å²) in [4.78, 5) is 174. The molecule has 1 atom stereocenters. The number of primary amides is 1. The van der Waals surface area contributed by atoms with Crippen molar-refractivity contribution in [2.45, 2.75) is 89.1 Å². The van der Waals surface area contributed by atoms with Crippen LogP contribution in [0.3, 0.4) is 0 Å². The van der Waals surface area contributed by atoms with Crippen molar-refractivity contribution < 1.29 is 70.7 Å². The van der Waals surface area contributed by atoms with Gasteiger partial charge in [-0.25, -0.2) is 18.5 Å². The highest BCUT2D eigenvalue weighted by Crippen LogP contribution is 2.16. The van der Waals surface area contributed by atoms with E-state index in [0.29, 0.717) is 47.7 Å². The Morgan fingerprint density at radius 1 is 0.581 bits per heavy atom. The van der Waals surface area contributed by atoms with Gasteiger partial charge in [-0.15, -0.1) is 0 Å². The van der Waals surface area contributed by atoms with Crippen LogP contribution < -0.4 is 49.2 Å². The molecule has 0 aliphatic heterocycles. The van der Waals surface area contributed by atoms with E-state index in [1.807, 2.05) is 20.1 Å². The molecule has 0 fully saturated rings. The number of amides is 9. The van der Waals surface area contributed by atoms with Crippen LogP contribution in [-0.4, -0.2) is 247 Å². The number of Topliss-reactive ketones (excluding diaryl/α,β-unsaturated/α-hetero) is 3. The summed E-state index contributed by atoms with van der Waals surface area (Å²) in [5.41, 5.74) is 31.0. The highest BCUT2D eigenvalue weighted by molar-refractivity contribution is 7.98. The van der Waals surface area contributed by atoms with E-state index in [1.54, 1.807) is 30.5 Å². The van der Waals surface area contributed by atoms with Gasteiger partial charge in [0.1, 0.15) is 49.5 Å². The molecule has 0 spiro atoms. The number of H-pyrrole nitrogens is 1. The standard InChI is InChI=1S/C59H91N17O15S2/c1-41(2)25-66-27-52(81)70(23-20-44-26-67-40-68-44)30-53(82)71(22-19-42-7-16-49(17-8-42)93(65,89)90)31-55(84)74(37-61)33-54(83)72(28-43-5-14-48(91-3)15-6-43)32-56(85)75(38-62)35-58(87)76(39-63)34-57(86)73(36-60)29-47(79)12-11-45(77)9-10-46(78)13-18-51(80)69-50(59(64)88)21-24-92-4/h5-8,14-17,26,40-41,50,66H,9-13,18-25,27-39,60-63H2,1-4H3,(H2,64,88)(H,67,68)(H,69,80)(H2,65,89,90). The van der Waals surface area contributed by atoms with E-state index in [2.05, 4.69) is 20.6 Å². The average Bonchev–Trinajstić information content (AvgIpc) is 3.09. The molecule has 0 saturated heterocycles. The fourth-order valence-corrected chi connectivity index (χ4v) is 9.86. The predicted molar refractivity (Wildman–Crippen MR) is 343 cm³/mol. The molecular formula is C59H91N17O15S2. The molecule has 9 amide bonds. The van der Waals surface area contributed by atoms with Crippen LogP contribution in [0.5, 0.6) is 5.75 Å². The minimum absolute atomic E-state index is 0.0895. The predicted octanol–water partition coefficient (Wildman–Crippen LogP) is -3.47. The Labute approximate surface area is 545 Å². The van der Waals surface area contributed by atoms with Crippen molar-refractivity contribution in [1.29, 1.82) is 0 Å². The Balaban J connectivity index is 1.74. The normalized spacial score (nSPS) is 11.5.